The number of halogens is 1. The van der Waals surface area contributed by atoms with E-state index in [1.165, 1.54) is 12.6 Å². The van der Waals surface area contributed by atoms with Crippen LogP contribution in [0.15, 0.2) is 18.5 Å². The van der Waals surface area contributed by atoms with Crippen LogP contribution in [-0.2, 0) is 4.74 Å². The second-order valence-corrected chi connectivity index (χ2v) is 5.06. The molecule has 0 saturated heterocycles. The molecule has 3 N–H and O–H groups in total. The summed E-state index contributed by atoms with van der Waals surface area (Å²) in [6.45, 7) is 2.57. The van der Waals surface area contributed by atoms with Crippen LogP contribution in [-0.4, -0.2) is 17.2 Å². The van der Waals surface area contributed by atoms with E-state index < -0.39 is 5.60 Å². The number of nitrogens with zero attached hydrogens (tertiary/aromatic N) is 1. The fourth-order valence-corrected chi connectivity index (χ4v) is 3.10. The van der Waals surface area contributed by atoms with Gasteiger partial charge in [-0.15, -0.1) is 0 Å². The van der Waals surface area contributed by atoms with Crippen LogP contribution in [0.2, 0.25) is 0 Å². The minimum absolute atomic E-state index is 0.337. The molecule has 106 valence electrons. The maximum atomic E-state index is 14.0. The van der Waals surface area contributed by atoms with Gasteiger partial charge in [-0.1, -0.05) is 19.3 Å². The van der Waals surface area contributed by atoms with Gasteiger partial charge in [-0.2, -0.15) is 0 Å². The van der Waals surface area contributed by atoms with E-state index in [1.807, 2.05) is 6.92 Å². The van der Waals surface area contributed by atoms with Crippen molar-refractivity contribution >= 4 is 0 Å². The monoisotopic (exact) mass is 267 g/mol. The average molecular weight is 267 g/mol. The van der Waals surface area contributed by atoms with Crippen LogP contribution >= 0.6 is 0 Å². The molecule has 19 heavy (non-hydrogen) atoms. The molecule has 1 aromatic rings. The van der Waals surface area contributed by atoms with Crippen molar-refractivity contribution in [2.45, 2.75) is 50.7 Å². The Kier molecular flexibility index (Phi) is 4.85. The fraction of sp³-hybridized carbons (Fsp3) is 0.643. The van der Waals surface area contributed by atoms with E-state index >= 15 is 0 Å². The number of hydrogen-bond acceptors (Lipinski definition) is 4. The average Bonchev–Trinajstić information content (AvgIpc) is 2.43. The van der Waals surface area contributed by atoms with Gasteiger partial charge < -0.3 is 4.74 Å². The molecule has 4 nitrogen and oxygen atoms in total. The zero-order valence-corrected chi connectivity index (χ0v) is 11.4. The third-order valence-corrected chi connectivity index (χ3v) is 3.94. The van der Waals surface area contributed by atoms with E-state index in [0.717, 1.165) is 25.7 Å². The van der Waals surface area contributed by atoms with E-state index in [-0.39, 0.29) is 11.9 Å². The molecule has 1 heterocycles. The third-order valence-electron chi connectivity index (χ3n) is 3.94. The molecule has 1 atom stereocenters. The Morgan fingerprint density at radius 1 is 1.47 bits per heavy atom. The summed E-state index contributed by atoms with van der Waals surface area (Å²) < 4.78 is 20.0. The molecule has 1 fully saturated rings. The molecule has 0 radical (unpaired) electrons. The second-order valence-electron chi connectivity index (χ2n) is 5.06. The summed E-state index contributed by atoms with van der Waals surface area (Å²) in [5.74, 6) is 5.37. The van der Waals surface area contributed by atoms with E-state index in [9.17, 15) is 4.39 Å². The van der Waals surface area contributed by atoms with Gasteiger partial charge in [0.15, 0.2) is 0 Å². The van der Waals surface area contributed by atoms with Crippen LogP contribution in [0, 0.1) is 5.82 Å². The minimum atomic E-state index is -0.413. The van der Waals surface area contributed by atoms with Crippen molar-refractivity contribution in [1.82, 2.24) is 10.4 Å². The topological polar surface area (TPSA) is 60.2 Å². The minimum Gasteiger partial charge on any atom is -0.373 e. The van der Waals surface area contributed by atoms with Crippen LogP contribution in [0.3, 0.4) is 0 Å². The van der Waals surface area contributed by atoms with Crippen molar-refractivity contribution < 1.29 is 9.13 Å². The standard InChI is InChI=1S/C14H22FN3O/c1-2-19-14(7-4-3-5-8-14)13(18-16)11-6-9-17-10-12(11)15/h6,9-10,13,18H,2-5,7-8,16H2,1H3. The summed E-state index contributed by atoms with van der Waals surface area (Å²) in [6.07, 6.45) is 7.99. The molecule has 1 aliphatic rings. The summed E-state index contributed by atoms with van der Waals surface area (Å²) in [4.78, 5) is 3.79. The highest BCUT2D eigenvalue weighted by atomic mass is 19.1. The lowest BCUT2D eigenvalue weighted by molar-refractivity contribution is -0.0920. The molecular formula is C14H22FN3O. The number of hydrogen-bond donors (Lipinski definition) is 2. The maximum absolute atomic E-state index is 14.0. The van der Waals surface area contributed by atoms with Crippen LogP contribution in [0.4, 0.5) is 4.39 Å². The van der Waals surface area contributed by atoms with Crippen molar-refractivity contribution in [3.8, 4) is 0 Å². The first kappa shape index (κ1) is 14.4. The number of nitrogens with two attached hydrogens (primary N) is 1. The van der Waals surface area contributed by atoms with Gasteiger partial charge in [-0.25, -0.2) is 9.82 Å². The normalized spacial score (nSPS) is 20.2. The summed E-state index contributed by atoms with van der Waals surface area (Å²) in [5.41, 5.74) is 2.88. The highest BCUT2D eigenvalue weighted by molar-refractivity contribution is 5.21. The molecule has 0 aromatic carbocycles. The summed E-state index contributed by atoms with van der Waals surface area (Å²) >= 11 is 0. The Balaban J connectivity index is 2.34. The van der Waals surface area contributed by atoms with Crippen molar-refractivity contribution in [2.24, 2.45) is 5.84 Å². The zero-order valence-electron chi connectivity index (χ0n) is 11.4. The lowest BCUT2D eigenvalue weighted by Crippen LogP contribution is -2.50. The van der Waals surface area contributed by atoms with Gasteiger partial charge in [0.1, 0.15) is 5.82 Å². The summed E-state index contributed by atoms with van der Waals surface area (Å²) in [6, 6.07) is 1.34. The van der Waals surface area contributed by atoms with Gasteiger partial charge in [-0.05, 0) is 25.8 Å². The fourth-order valence-electron chi connectivity index (χ4n) is 3.10. The molecule has 1 unspecified atom stereocenters. The third kappa shape index (κ3) is 2.94. The highest BCUT2D eigenvalue weighted by Gasteiger charge is 2.42. The Labute approximate surface area is 113 Å². The van der Waals surface area contributed by atoms with Gasteiger partial charge >= 0.3 is 0 Å². The number of ether oxygens (including phenoxy) is 1. The summed E-state index contributed by atoms with van der Waals surface area (Å²) in [7, 11) is 0. The Morgan fingerprint density at radius 3 is 2.79 bits per heavy atom. The number of pyridine rings is 1. The van der Waals surface area contributed by atoms with Crippen molar-refractivity contribution in [2.75, 3.05) is 6.61 Å². The van der Waals surface area contributed by atoms with E-state index in [0.29, 0.717) is 12.2 Å². The first-order chi connectivity index (χ1) is 9.23. The Hall–Kier alpha value is -1.04. The number of rotatable bonds is 5. The molecule has 0 bridgehead atoms. The van der Waals surface area contributed by atoms with Crippen molar-refractivity contribution in [3.63, 3.8) is 0 Å². The molecule has 1 aliphatic carbocycles. The second kappa shape index (κ2) is 6.41. The van der Waals surface area contributed by atoms with Crippen molar-refractivity contribution in [3.05, 3.63) is 29.8 Å². The van der Waals surface area contributed by atoms with Crippen molar-refractivity contribution in [1.29, 1.82) is 0 Å². The number of hydrazine groups is 1. The molecule has 0 spiro atoms. The Morgan fingerprint density at radius 2 is 2.21 bits per heavy atom. The largest absolute Gasteiger partial charge is 0.373 e. The maximum Gasteiger partial charge on any atom is 0.146 e. The lowest BCUT2D eigenvalue weighted by atomic mass is 9.77. The van der Waals surface area contributed by atoms with Crippen LogP contribution in [0.5, 0.6) is 0 Å². The lowest BCUT2D eigenvalue weighted by Gasteiger charge is -2.43. The molecule has 0 amide bonds. The number of aromatic nitrogens is 1. The Bertz CT molecular complexity index is 402. The molecule has 5 heteroatoms. The van der Waals surface area contributed by atoms with Gasteiger partial charge in [0.25, 0.3) is 0 Å². The molecule has 2 rings (SSSR count). The van der Waals surface area contributed by atoms with E-state index in [2.05, 4.69) is 10.4 Å². The smallest absolute Gasteiger partial charge is 0.146 e. The van der Waals surface area contributed by atoms with E-state index in [1.54, 1.807) is 12.3 Å². The molecular weight excluding hydrogens is 245 g/mol. The summed E-state index contributed by atoms with van der Waals surface area (Å²) in [5, 5.41) is 0. The van der Waals surface area contributed by atoms with Crippen LogP contribution in [0.25, 0.3) is 0 Å². The predicted octanol–water partition coefficient (Wildman–Crippen LogP) is 2.46. The SMILES string of the molecule is CCOC1(C(NN)c2ccncc2F)CCCCC1. The highest BCUT2D eigenvalue weighted by Crippen LogP contribution is 2.41. The predicted molar refractivity (Wildman–Crippen MR) is 71.7 cm³/mol. The quantitative estimate of drug-likeness (QED) is 0.635. The molecule has 0 aliphatic heterocycles. The van der Waals surface area contributed by atoms with E-state index in [4.69, 9.17) is 10.6 Å². The molecule has 1 aromatic heterocycles. The number of nitrogens with one attached hydrogen (secondary N) is 1. The van der Waals surface area contributed by atoms with Gasteiger partial charge in [0.05, 0.1) is 17.8 Å². The van der Waals surface area contributed by atoms with Crippen LogP contribution < -0.4 is 11.3 Å². The van der Waals surface area contributed by atoms with Gasteiger partial charge in [0.2, 0.25) is 0 Å². The van der Waals surface area contributed by atoms with Gasteiger partial charge in [-0.3, -0.25) is 10.8 Å². The first-order valence-corrected chi connectivity index (χ1v) is 6.93. The van der Waals surface area contributed by atoms with Crippen LogP contribution in [0.1, 0.15) is 50.6 Å². The first-order valence-electron chi connectivity index (χ1n) is 6.93. The van der Waals surface area contributed by atoms with Gasteiger partial charge in [0, 0.05) is 18.4 Å². The zero-order chi connectivity index (χ0) is 13.7. The molecule has 1 saturated carbocycles.